The van der Waals surface area contributed by atoms with E-state index in [0.29, 0.717) is 16.1 Å². The van der Waals surface area contributed by atoms with Gasteiger partial charge in [0.1, 0.15) is 0 Å². The predicted molar refractivity (Wildman–Crippen MR) is 90.3 cm³/mol. The zero-order valence-electron chi connectivity index (χ0n) is 12.0. The number of hydrogen-bond donors (Lipinski definition) is 2. The highest BCUT2D eigenvalue weighted by molar-refractivity contribution is 6.30. The Morgan fingerprint density at radius 1 is 0.696 bits per heavy atom. The largest absolute Gasteiger partial charge is 0.269 e. The van der Waals surface area contributed by atoms with Gasteiger partial charge in [-0.25, -0.2) is 0 Å². The molecule has 2 N–H and O–H groups in total. The van der Waals surface area contributed by atoms with Crippen molar-refractivity contribution in [2.75, 3.05) is 0 Å². The van der Waals surface area contributed by atoms with Gasteiger partial charge in [-0.3, -0.25) is 20.4 Å². The van der Waals surface area contributed by atoms with E-state index in [2.05, 4.69) is 10.9 Å². The van der Waals surface area contributed by atoms with Gasteiger partial charge in [-0.05, 0) is 47.2 Å². The summed E-state index contributed by atoms with van der Waals surface area (Å²) in [4.78, 5) is 24.1. The molecule has 3 rings (SSSR count). The summed E-state index contributed by atoms with van der Waals surface area (Å²) in [5.41, 5.74) is 5.67. The minimum Gasteiger partial charge on any atom is -0.267 e. The highest BCUT2D eigenvalue weighted by atomic mass is 35.5. The summed E-state index contributed by atoms with van der Waals surface area (Å²) in [6, 6.07) is 19.5. The standard InChI is InChI=1S/C18H13ClN2O2/c19-16-9-7-13(8-10-16)17(22)20-21-18(23)15-6-5-12-3-1-2-4-14(12)11-15/h1-11H,(H,20,22)(H,21,23). The van der Waals surface area contributed by atoms with Crippen LogP contribution < -0.4 is 10.9 Å². The molecule has 0 aliphatic carbocycles. The third kappa shape index (κ3) is 3.49. The second-order valence-corrected chi connectivity index (χ2v) is 5.41. The molecule has 0 aliphatic heterocycles. The van der Waals surface area contributed by atoms with Crippen LogP contribution in [0.25, 0.3) is 10.8 Å². The van der Waals surface area contributed by atoms with Crippen molar-refractivity contribution in [3.63, 3.8) is 0 Å². The molecule has 0 aromatic heterocycles. The fraction of sp³-hybridized carbons (Fsp3) is 0. The highest BCUT2D eigenvalue weighted by Gasteiger charge is 2.09. The summed E-state index contributed by atoms with van der Waals surface area (Å²) in [6.07, 6.45) is 0. The maximum absolute atomic E-state index is 12.1. The predicted octanol–water partition coefficient (Wildman–Crippen LogP) is 3.57. The van der Waals surface area contributed by atoms with E-state index in [4.69, 9.17) is 11.6 Å². The zero-order chi connectivity index (χ0) is 16.2. The first-order chi connectivity index (χ1) is 11.1. The molecule has 0 unspecified atom stereocenters. The van der Waals surface area contributed by atoms with E-state index in [9.17, 15) is 9.59 Å². The minimum atomic E-state index is -0.407. The van der Waals surface area contributed by atoms with Gasteiger partial charge in [0.2, 0.25) is 0 Å². The smallest absolute Gasteiger partial charge is 0.267 e. The number of carbonyl (C=O) groups is 2. The topological polar surface area (TPSA) is 58.2 Å². The molecule has 0 aliphatic rings. The summed E-state index contributed by atoms with van der Waals surface area (Å²) in [5, 5.41) is 2.56. The lowest BCUT2D eigenvalue weighted by Crippen LogP contribution is -2.41. The molecule has 0 radical (unpaired) electrons. The Morgan fingerprint density at radius 3 is 1.96 bits per heavy atom. The van der Waals surface area contributed by atoms with Crippen molar-refractivity contribution in [3.8, 4) is 0 Å². The Labute approximate surface area is 138 Å². The van der Waals surface area contributed by atoms with Crippen molar-refractivity contribution in [2.45, 2.75) is 0 Å². The number of fused-ring (bicyclic) bond motifs is 1. The van der Waals surface area contributed by atoms with Crippen LogP contribution in [0.4, 0.5) is 0 Å². The Kier molecular flexibility index (Phi) is 4.26. The number of hydrazine groups is 1. The molecular formula is C18H13ClN2O2. The third-order valence-corrected chi connectivity index (χ3v) is 3.66. The van der Waals surface area contributed by atoms with Gasteiger partial charge in [-0.2, -0.15) is 0 Å². The summed E-state index contributed by atoms with van der Waals surface area (Å²) < 4.78 is 0. The first-order valence-electron chi connectivity index (χ1n) is 6.98. The SMILES string of the molecule is O=C(NNC(=O)c1ccc2ccccc2c1)c1ccc(Cl)cc1. The Hall–Kier alpha value is -2.85. The molecule has 114 valence electrons. The summed E-state index contributed by atoms with van der Waals surface area (Å²) >= 11 is 5.77. The van der Waals surface area contributed by atoms with Gasteiger partial charge in [-0.15, -0.1) is 0 Å². The number of nitrogens with one attached hydrogen (secondary N) is 2. The van der Waals surface area contributed by atoms with Crippen LogP contribution in [-0.2, 0) is 0 Å². The maximum atomic E-state index is 12.1. The normalized spacial score (nSPS) is 10.3. The van der Waals surface area contributed by atoms with Crippen LogP contribution in [0, 0.1) is 0 Å². The number of halogens is 1. The Morgan fingerprint density at radius 2 is 1.26 bits per heavy atom. The van der Waals surface area contributed by atoms with Gasteiger partial charge in [0.15, 0.2) is 0 Å². The zero-order valence-corrected chi connectivity index (χ0v) is 12.8. The van der Waals surface area contributed by atoms with Crippen molar-refractivity contribution < 1.29 is 9.59 Å². The van der Waals surface area contributed by atoms with Crippen LogP contribution in [0.5, 0.6) is 0 Å². The van der Waals surface area contributed by atoms with Crippen molar-refractivity contribution in [2.24, 2.45) is 0 Å². The van der Waals surface area contributed by atoms with Crippen LogP contribution in [0.1, 0.15) is 20.7 Å². The first kappa shape index (κ1) is 15.1. The van der Waals surface area contributed by atoms with Gasteiger partial charge >= 0.3 is 0 Å². The lowest BCUT2D eigenvalue weighted by molar-refractivity contribution is 0.0847. The monoisotopic (exact) mass is 324 g/mol. The molecule has 3 aromatic rings. The molecule has 0 spiro atoms. The van der Waals surface area contributed by atoms with Gasteiger partial charge in [0, 0.05) is 16.1 Å². The van der Waals surface area contributed by atoms with Gasteiger partial charge in [0.05, 0.1) is 0 Å². The van der Waals surface area contributed by atoms with E-state index in [1.807, 2.05) is 30.3 Å². The number of carbonyl (C=O) groups excluding carboxylic acids is 2. The molecule has 23 heavy (non-hydrogen) atoms. The molecule has 0 saturated heterocycles. The summed E-state index contributed by atoms with van der Waals surface area (Å²) in [5.74, 6) is -0.783. The van der Waals surface area contributed by atoms with E-state index >= 15 is 0 Å². The molecule has 0 fully saturated rings. The van der Waals surface area contributed by atoms with Crippen LogP contribution >= 0.6 is 11.6 Å². The Balaban J connectivity index is 1.68. The number of benzene rings is 3. The molecule has 0 saturated carbocycles. The molecule has 5 heteroatoms. The second kappa shape index (κ2) is 6.50. The van der Waals surface area contributed by atoms with Crippen LogP contribution in [0.2, 0.25) is 5.02 Å². The lowest BCUT2D eigenvalue weighted by Gasteiger charge is -2.08. The maximum Gasteiger partial charge on any atom is 0.269 e. The molecule has 0 atom stereocenters. The van der Waals surface area contributed by atoms with E-state index < -0.39 is 5.91 Å². The average Bonchev–Trinajstić information content (AvgIpc) is 2.59. The molecule has 3 aromatic carbocycles. The van der Waals surface area contributed by atoms with Gasteiger partial charge in [0.25, 0.3) is 11.8 Å². The summed E-state index contributed by atoms with van der Waals surface area (Å²) in [7, 11) is 0. The van der Waals surface area contributed by atoms with Gasteiger partial charge < -0.3 is 0 Å². The van der Waals surface area contributed by atoms with E-state index in [-0.39, 0.29) is 5.91 Å². The molecule has 0 heterocycles. The van der Waals surface area contributed by atoms with Crippen LogP contribution in [0.3, 0.4) is 0 Å². The quantitative estimate of drug-likeness (QED) is 0.708. The van der Waals surface area contributed by atoms with Crippen molar-refractivity contribution in [3.05, 3.63) is 82.9 Å². The van der Waals surface area contributed by atoms with Crippen LogP contribution in [-0.4, -0.2) is 11.8 Å². The number of rotatable bonds is 2. The highest BCUT2D eigenvalue weighted by Crippen LogP contribution is 2.15. The third-order valence-electron chi connectivity index (χ3n) is 3.41. The number of amides is 2. The van der Waals surface area contributed by atoms with E-state index in [1.165, 1.54) is 0 Å². The van der Waals surface area contributed by atoms with E-state index in [0.717, 1.165) is 10.8 Å². The van der Waals surface area contributed by atoms with Gasteiger partial charge in [-0.1, -0.05) is 41.9 Å². The minimum absolute atomic E-state index is 0.377. The molecule has 2 amide bonds. The van der Waals surface area contributed by atoms with Crippen molar-refractivity contribution >= 4 is 34.2 Å². The fourth-order valence-electron chi connectivity index (χ4n) is 2.19. The summed E-state index contributed by atoms with van der Waals surface area (Å²) in [6.45, 7) is 0. The van der Waals surface area contributed by atoms with E-state index in [1.54, 1.807) is 36.4 Å². The van der Waals surface area contributed by atoms with Crippen molar-refractivity contribution in [1.82, 2.24) is 10.9 Å². The van der Waals surface area contributed by atoms with Crippen LogP contribution in [0.15, 0.2) is 66.7 Å². The van der Waals surface area contributed by atoms with Crippen molar-refractivity contribution in [1.29, 1.82) is 0 Å². The fourth-order valence-corrected chi connectivity index (χ4v) is 2.32. The Bertz CT molecular complexity index is 876. The molecular weight excluding hydrogens is 312 g/mol. The first-order valence-corrected chi connectivity index (χ1v) is 7.36. The average molecular weight is 325 g/mol. The molecule has 4 nitrogen and oxygen atoms in total. The molecule has 0 bridgehead atoms. The lowest BCUT2D eigenvalue weighted by atomic mass is 10.1. The number of hydrogen-bond acceptors (Lipinski definition) is 2. The second-order valence-electron chi connectivity index (χ2n) is 4.98.